The number of amides is 1. The number of benzene rings is 2. The van der Waals surface area contributed by atoms with Gasteiger partial charge in [0, 0.05) is 35.9 Å². The molecule has 0 spiro atoms. The minimum absolute atomic E-state index is 0.0438. The highest BCUT2D eigenvalue weighted by Gasteiger charge is 2.28. The highest BCUT2D eigenvalue weighted by molar-refractivity contribution is 6.06. The third kappa shape index (κ3) is 3.50. The molecule has 1 atom stereocenters. The number of aromatic amines is 1. The second-order valence-corrected chi connectivity index (χ2v) is 8.57. The summed E-state index contributed by atoms with van der Waals surface area (Å²) in [5.74, 6) is -0.329. The highest BCUT2D eigenvalue weighted by Crippen LogP contribution is 2.34. The number of piperidine rings is 1. The van der Waals surface area contributed by atoms with Gasteiger partial charge >= 0.3 is 0 Å². The summed E-state index contributed by atoms with van der Waals surface area (Å²) < 4.78 is 0. The van der Waals surface area contributed by atoms with Crippen LogP contribution in [0.25, 0.3) is 10.9 Å². The number of anilines is 2. The number of rotatable bonds is 3. The molecule has 0 saturated carbocycles. The van der Waals surface area contributed by atoms with Gasteiger partial charge in [0.05, 0.1) is 5.52 Å². The molecule has 6 heteroatoms. The molecule has 1 fully saturated rings. The summed E-state index contributed by atoms with van der Waals surface area (Å²) in [7, 11) is 0. The molecule has 3 heterocycles. The number of nitrogens with one attached hydrogen (secondary N) is 1. The first-order chi connectivity index (χ1) is 15.2. The number of aromatic nitrogens is 2. The normalized spacial score (nSPS) is 18.8. The van der Waals surface area contributed by atoms with Gasteiger partial charge in [-0.05, 0) is 74.4 Å². The van der Waals surface area contributed by atoms with Gasteiger partial charge in [-0.3, -0.25) is 14.7 Å². The number of carbonyl (C=O) groups is 1. The van der Waals surface area contributed by atoms with Crippen LogP contribution in [0.3, 0.4) is 0 Å². The van der Waals surface area contributed by atoms with Crippen LogP contribution in [-0.4, -0.2) is 35.2 Å². The summed E-state index contributed by atoms with van der Waals surface area (Å²) in [6.45, 7) is 3.95. The minimum atomic E-state index is -0.329. The molecular formula is C25H28N4O2. The molecule has 1 aromatic heterocycles. The lowest BCUT2D eigenvalue weighted by atomic mass is 9.96. The summed E-state index contributed by atoms with van der Waals surface area (Å²) >= 11 is 0. The SMILES string of the molecule is CCC1CCCCN1c1ccc2c(c1)CCCN2C(=O)c1n[nH]c2ccccc2c1=O. The van der Waals surface area contributed by atoms with Crippen LogP contribution in [0.15, 0.2) is 47.3 Å². The van der Waals surface area contributed by atoms with Gasteiger partial charge in [-0.2, -0.15) is 5.10 Å². The Morgan fingerprint density at radius 1 is 1.13 bits per heavy atom. The zero-order valence-electron chi connectivity index (χ0n) is 17.9. The van der Waals surface area contributed by atoms with Gasteiger partial charge in [-0.25, -0.2) is 0 Å². The molecule has 0 radical (unpaired) electrons. The average Bonchev–Trinajstić information content (AvgIpc) is 2.83. The molecule has 1 saturated heterocycles. The maximum absolute atomic E-state index is 13.3. The molecule has 5 rings (SSSR count). The monoisotopic (exact) mass is 416 g/mol. The van der Waals surface area contributed by atoms with Crippen LogP contribution in [0.1, 0.15) is 55.1 Å². The molecule has 6 nitrogen and oxygen atoms in total. The predicted octanol–water partition coefficient (Wildman–Crippen LogP) is 4.29. The molecule has 3 aromatic rings. The molecule has 1 unspecified atom stereocenters. The van der Waals surface area contributed by atoms with E-state index in [1.807, 2.05) is 6.07 Å². The van der Waals surface area contributed by atoms with Crippen molar-refractivity contribution in [1.82, 2.24) is 10.2 Å². The van der Waals surface area contributed by atoms with Gasteiger partial charge in [0.1, 0.15) is 0 Å². The summed E-state index contributed by atoms with van der Waals surface area (Å²) in [6, 6.07) is 14.2. The van der Waals surface area contributed by atoms with Crippen molar-refractivity contribution >= 4 is 28.2 Å². The van der Waals surface area contributed by atoms with Crippen molar-refractivity contribution in [3.05, 3.63) is 63.9 Å². The third-order valence-corrected chi connectivity index (χ3v) is 6.73. The van der Waals surface area contributed by atoms with Crippen LogP contribution in [0.4, 0.5) is 11.4 Å². The predicted molar refractivity (Wildman–Crippen MR) is 124 cm³/mol. The quantitative estimate of drug-likeness (QED) is 0.692. The molecule has 2 aliphatic rings. The topological polar surface area (TPSA) is 69.3 Å². The molecule has 2 aromatic carbocycles. The Labute approximate surface area is 181 Å². The fourth-order valence-electron chi connectivity index (χ4n) is 5.08. The Balaban J connectivity index is 1.49. The molecule has 31 heavy (non-hydrogen) atoms. The van der Waals surface area contributed by atoms with Crippen molar-refractivity contribution in [2.24, 2.45) is 0 Å². The van der Waals surface area contributed by atoms with Crippen LogP contribution in [0, 0.1) is 0 Å². The summed E-state index contributed by atoms with van der Waals surface area (Å²) in [5, 5.41) is 7.48. The Morgan fingerprint density at radius 3 is 2.87 bits per heavy atom. The fraction of sp³-hybridized carbons (Fsp3) is 0.400. The minimum Gasteiger partial charge on any atom is -0.369 e. The van der Waals surface area contributed by atoms with E-state index in [-0.39, 0.29) is 17.0 Å². The first-order valence-corrected chi connectivity index (χ1v) is 11.4. The van der Waals surface area contributed by atoms with Crippen LogP contribution in [0.5, 0.6) is 0 Å². The first kappa shape index (κ1) is 19.8. The fourth-order valence-corrected chi connectivity index (χ4v) is 5.08. The number of fused-ring (bicyclic) bond motifs is 2. The van der Waals surface area contributed by atoms with Crippen molar-refractivity contribution < 1.29 is 4.79 Å². The summed E-state index contributed by atoms with van der Waals surface area (Å²) in [5.41, 5.74) is 3.61. The number of carbonyl (C=O) groups excluding carboxylic acids is 1. The molecule has 2 aliphatic heterocycles. The number of aryl methyl sites for hydroxylation is 1. The summed E-state index contributed by atoms with van der Waals surface area (Å²) in [4.78, 5) is 30.5. The second-order valence-electron chi connectivity index (χ2n) is 8.57. The molecule has 1 amide bonds. The van der Waals surface area contributed by atoms with Gasteiger partial charge < -0.3 is 9.80 Å². The van der Waals surface area contributed by atoms with Crippen molar-refractivity contribution in [2.75, 3.05) is 22.9 Å². The van der Waals surface area contributed by atoms with Crippen LogP contribution in [-0.2, 0) is 6.42 Å². The van der Waals surface area contributed by atoms with Crippen molar-refractivity contribution in [3.63, 3.8) is 0 Å². The lowest BCUT2D eigenvalue weighted by Gasteiger charge is -2.38. The maximum Gasteiger partial charge on any atom is 0.282 e. The number of H-pyrrole nitrogens is 1. The van der Waals surface area contributed by atoms with E-state index in [1.165, 1.54) is 30.5 Å². The second kappa shape index (κ2) is 8.17. The number of nitrogens with zero attached hydrogens (tertiary/aromatic N) is 3. The van der Waals surface area contributed by atoms with Crippen molar-refractivity contribution in [2.45, 2.75) is 51.5 Å². The summed E-state index contributed by atoms with van der Waals surface area (Å²) in [6.07, 6.45) is 6.75. The molecular weight excluding hydrogens is 388 g/mol. The number of hydrogen-bond donors (Lipinski definition) is 1. The highest BCUT2D eigenvalue weighted by atomic mass is 16.2. The smallest absolute Gasteiger partial charge is 0.282 e. The average molecular weight is 417 g/mol. The molecule has 0 bridgehead atoms. The molecule has 160 valence electrons. The van der Waals surface area contributed by atoms with Crippen LogP contribution >= 0.6 is 0 Å². The Morgan fingerprint density at radius 2 is 2.00 bits per heavy atom. The number of hydrogen-bond acceptors (Lipinski definition) is 4. The lowest BCUT2D eigenvalue weighted by molar-refractivity contribution is 0.0978. The van der Waals surface area contributed by atoms with Gasteiger partial charge in [0.25, 0.3) is 5.91 Å². The maximum atomic E-state index is 13.3. The van der Waals surface area contributed by atoms with E-state index in [4.69, 9.17) is 0 Å². The van der Waals surface area contributed by atoms with Gasteiger partial charge in [0.15, 0.2) is 5.69 Å². The van der Waals surface area contributed by atoms with Gasteiger partial charge in [-0.15, -0.1) is 0 Å². The van der Waals surface area contributed by atoms with E-state index in [2.05, 4.69) is 40.2 Å². The molecule has 0 aliphatic carbocycles. The molecule has 1 N–H and O–H groups in total. The Kier molecular flexibility index (Phi) is 5.22. The van der Waals surface area contributed by atoms with E-state index < -0.39 is 0 Å². The first-order valence-electron chi connectivity index (χ1n) is 11.4. The Bertz CT molecular complexity index is 1190. The standard InChI is InChI=1S/C25H28N4O2/c1-2-18-9-5-6-14-28(18)19-12-13-22-17(16-19)8-7-15-29(22)25(31)23-24(30)20-10-3-4-11-21(20)26-27-23/h3-4,10-13,16,18H,2,5-9,14-15H2,1H3,(H,26,30). The Hall–Kier alpha value is -3.15. The number of para-hydroxylation sites is 1. The zero-order valence-corrected chi connectivity index (χ0v) is 17.9. The van der Waals surface area contributed by atoms with Crippen LogP contribution in [0.2, 0.25) is 0 Å². The van der Waals surface area contributed by atoms with Crippen molar-refractivity contribution in [3.8, 4) is 0 Å². The van der Waals surface area contributed by atoms with Gasteiger partial charge in [-0.1, -0.05) is 19.1 Å². The largest absolute Gasteiger partial charge is 0.369 e. The van der Waals surface area contributed by atoms with E-state index in [1.54, 1.807) is 23.1 Å². The van der Waals surface area contributed by atoms with Crippen LogP contribution < -0.4 is 15.2 Å². The van der Waals surface area contributed by atoms with E-state index in [0.29, 0.717) is 23.5 Å². The van der Waals surface area contributed by atoms with E-state index in [9.17, 15) is 9.59 Å². The third-order valence-electron chi connectivity index (χ3n) is 6.73. The van der Waals surface area contributed by atoms with E-state index in [0.717, 1.165) is 31.5 Å². The van der Waals surface area contributed by atoms with Crippen molar-refractivity contribution in [1.29, 1.82) is 0 Å². The lowest BCUT2D eigenvalue weighted by Crippen LogP contribution is -2.40. The van der Waals surface area contributed by atoms with Gasteiger partial charge in [0.2, 0.25) is 5.43 Å². The zero-order chi connectivity index (χ0) is 21.4. The van der Waals surface area contributed by atoms with E-state index >= 15 is 0 Å².